The van der Waals surface area contributed by atoms with Crippen LogP contribution in [0.15, 0.2) is 23.2 Å². The number of ether oxygens (including phenoxy) is 3. The van der Waals surface area contributed by atoms with Gasteiger partial charge in [-0.3, -0.25) is 4.99 Å². The summed E-state index contributed by atoms with van der Waals surface area (Å²) in [6.07, 6.45) is 3.53. The van der Waals surface area contributed by atoms with Crippen molar-refractivity contribution in [3.8, 4) is 5.75 Å². The van der Waals surface area contributed by atoms with E-state index >= 15 is 0 Å². The predicted molar refractivity (Wildman–Crippen MR) is 120 cm³/mol. The first kappa shape index (κ1) is 22.8. The normalized spacial score (nSPS) is 21.0. The summed E-state index contributed by atoms with van der Waals surface area (Å²) in [6.45, 7) is 9.34. The van der Waals surface area contributed by atoms with Crippen LogP contribution in [0, 0.1) is 12.8 Å². The molecule has 0 bridgehead atoms. The molecule has 0 saturated carbocycles. The van der Waals surface area contributed by atoms with Gasteiger partial charge in [-0.1, -0.05) is 12.1 Å². The highest BCUT2D eigenvalue weighted by Gasteiger charge is 2.20. The maximum atomic E-state index is 6.21. The highest BCUT2D eigenvalue weighted by molar-refractivity contribution is 5.79. The Hall–Kier alpha value is -1.83. The second-order valence-corrected chi connectivity index (χ2v) is 8.30. The molecule has 1 unspecified atom stereocenters. The molecule has 1 aromatic carbocycles. The van der Waals surface area contributed by atoms with Gasteiger partial charge in [0.05, 0.1) is 19.8 Å². The molecule has 2 N–H and O–H groups in total. The first-order valence-corrected chi connectivity index (χ1v) is 11.2. The van der Waals surface area contributed by atoms with Gasteiger partial charge in [-0.15, -0.1) is 0 Å². The van der Waals surface area contributed by atoms with Crippen molar-refractivity contribution >= 4 is 5.96 Å². The van der Waals surface area contributed by atoms with Crippen LogP contribution in [0.2, 0.25) is 0 Å². The summed E-state index contributed by atoms with van der Waals surface area (Å²) < 4.78 is 16.8. The number of nitrogens with one attached hydrogen (secondary N) is 2. The van der Waals surface area contributed by atoms with Gasteiger partial charge in [0, 0.05) is 45.8 Å². The number of piperidine rings is 1. The molecule has 7 nitrogen and oxygen atoms in total. The van der Waals surface area contributed by atoms with Gasteiger partial charge in [-0.25, -0.2) is 0 Å². The van der Waals surface area contributed by atoms with Crippen LogP contribution in [-0.2, 0) is 16.0 Å². The first-order chi connectivity index (χ1) is 14.7. The predicted octanol–water partition coefficient (Wildman–Crippen LogP) is 2.19. The minimum atomic E-state index is 0.151. The van der Waals surface area contributed by atoms with Crippen molar-refractivity contribution in [3.63, 3.8) is 0 Å². The molecule has 1 aromatic rings. The largest absolute Gasteiger partial charge is 0.488 e. The van der Waals surface area contributed by atoms with Crippen LogP contribution < -0.4 is 15.4 Å². The molecule has 0 amide bonds. The smallest absolute Gasteiger partial charge is 0.191 e. The lowest BCUT2D eigenvalue weighted by atomic mass is 9.97. The molecule has 2 heterocycles. The third-order valence-corrected chi connectivity index (χ3v) is 5.95. The van der Waals surface area contributed by atoms with Crippen LogP contribution in [0.25, 0.3) is 0 Å². The van der Waals surface area contributed by atoms with E-state index in [0.717, 1.165) is 63.1 Å². The van der Waals surface area contributed by atoms with Gasteiger partial charge in [0.15, 0.2) is 5.96 Å². The SMILES string of the molecule is CN=C(NCc1ccc(C)cc1OC1CCOC1)NCC1CCN(CCOC)CC1. The quantitative estimate of drug-likeness (QED) is 0.473. The van der Waals surface area contributed by atoms with Gasteiger partial charge in [0.2, 0.25) is 0 Å². The molecular formula is C23H38N4O3. The zero-order chi connectivity index (χ0) is 21.2. The van der Waals surface area contributed by atoms with Crippen molar-refractivity contribution in [2.45, 2.75) is 38.8 Å². The zero-order valence-corrected chi connectivity index (χ0v) is 18.8. The molecule has 1 atom stereocenters. The fraction of sp³-hybridized carbons (Fsp3) is 0.696. The van der Waals surface area contributed by atoms with Crippen LogP contribution >= 0.6 is 0 Å². The second-order valence-electron chi connectivity index (χ2n) is 8.30. The van der Waals surface area contributed by atoms with Gasteiger partial charge in [-0.05, 0) is 50.4 Å². The Bertz CT molecular complexity index is 668. The number of aryl methyl sites for hydroxylation is 1. The maximum absolute atomic E-state index is 6.21. The Morgan fingerprint density at radius 2 is 2.07 bits per heavy atom. The fourth-order valence-electron chi connectivity index (χ4n) is 3.98. The van der Waals surface area contributed by atoms with Crippen molar-refractivity contribution in [1.29, 1.82) is 0 Å². The molecule has 3 rings (SSSR count). The topological polar surface area (TPSA) is 67.4 Å². The number of aliphatic imine (C=N–C) groups is 1. The van der Waals surface area contributed by atoms with Crippen molar-refractivity contribution in [2.75, 3.05) is 60.2 Å². The van der Waals surface area contributed by atoms with Gasteiger partial charge >= 0.3 is 0 Å². The van der Waals surface area contributed by atoms with Crippen LogP contribution in [0.4, 0.5) is 0 Å². The van der Waals surface area contributed by atoms with Crippen molar-refractivity contribution < 1.29 is 14.2 Å². The van der Waals surface area contributed by atoms with E-state index in [0.29, 0.717) is 19.1 Å². The summed E-state index contributed by atoms with van der Waals surface area (Å²) in [5.74, 6) is 2.47. The lowest BCUT2D eigenvalue weighted by Crippen LogP contribution is -2.43. The number of methoxy groups -OCH3 is 1. The van der Waals surface area contributed by atoms with Gasteiger partial charge < -0.3 is 29.7 Å². The van der Waals surface area contributed by atoms with E-state index < -0.39 is 0 Å². The Morgan fingerprint density at radius 1 is 1.23 bits per heavy atom. The number of guanidine groups is 1. The molecule has 0 aromatic heterocycles. The molecular weight excluding hydrogens is 380 g/mol. The van der Waals surface area contributed by atoms with E-state index in [1.165, 1.54) is 18.4 Å². The van der Waals surface area contributed by atoms with E-state index in [4.69, 9.17) is 14.2 Å². The van der Waals surface area contributed by atoms with Gasteiger partial charge in [-0.2, -0.15) is 0 Å². The Balaban J connectivity index is 1.44. The van der Waals surface area contributed by atoms with E-state index in [1.807, 2.05) is 7.05 Å². The molecule has 2 aliphatic heterocycles. The fourth-order valence-corrected chi connectivity index (χ4v) is 3.98. The molecule has 168 valence electrons. The zero-order valence-electron chi connectivity index (χ0n) is 18.8. The highest BCUT2D eigenvalue weighted by Crippen LogP contribution is 2.24. The molecule has 0 aliphatic carbocycles. The summed E-state index contributed by atoms with van der Waals surface area (Å²) >= 11 is 0. The Kier molecular flexibility index (Phi) is 9.24. The summed E-state index contributed by atoms with van der Waals surface area (Å²) in [5.41, 5.74) is 2.34. The average molecular weight is 419 g/mol. The molecule has 0 spiro atoms. The molecule has 7 heteroatoms. The minimum Gasteiger partial charge on any atom is -0.488 e. The number of benzene rings is 1. The van der Waals surface area contributed by atoms with Crippen molar-refractivity contribution in [2.24, 2.45) is 10.9 Å². The third-order valence-electron chi connectivity index (χ3n) is 5.95. The standard InChI is InChI=1S/C23H38N4O3/c1-18-4-5-20(22(14-18)30-21-8-12-29-17-21)16-26-23(24-2)25-15-19-6-9-27(10-7-19)11-13-28-3/h4-5,14,19,21H,6-13,15-17H2,1-3H3,(H2,24,25,26). The third kappa shape index (κ3) is 7.15. The van der Waals surface area contributed by atoms with Crippen LogP contribution in [0.5, 0.6) is 5.75 Å². The number of hydrogen-bond donors (Lipinski definition) is 2. The molecule has 0 radical (unpaired) electrons. The van der Waals surface area contributed by atoms with Crippen LogP contribution in [-0.4, -0.2) is 77.1 Å². The molecule has 2 fully saturated rings. The summed E-state index contributed by atoms with van der Waals surface area (Å²) in [5, 5.41) is 6.95. The molecule has 30 heavy (non-hydrogen) atoms. The van der Waals surface area contributed by atoms with Crippen molar-refractivity contribution in [3.05, 3.63) is 29.3 Å². The van der Waals surface area contributed by atoms with Gasteiger partial charge in [0.25, 0.3) is 0 Å². The lowest BCUT2D eigenvalue weighted by Gasteiger charge is -2.32. The highest BCUT2D eigenvalue weighted by atomic mass is 16.5. The number of rotatable bonds is 9. The lowest BCUT2D eigenvalue weighted by molar-refractivity contribution is 0.121. The summed E-state index contributed by atoms with van der Waals surface area (Å²) in [4.78, 5) is 6.89. The summed E-state index contributed by atoms with van der Waals surface area (Å²) in [7, 11) is 3.59. The van der Waals surface area contributed by atoms with E-state index in [9.17, 15) is 0 Å². The van der Waals surface area contributed by atoms with E-state index in [2.05, 4.69) is 45.6 Å². The van der Waals surface area contributed by atoms with Gasteiger partial charge in [0.1, 0.15) is 11.9 Å². The first-order valence-electron chi connectivity index (χ1n) is 11.2. The number of likely N-dealkylation sites (tertiary alicyclic amines) is 1. The van der Waals surface area contributed by atoms with Crippen LogP contribution in [0.1, 0.15) is 30.4 Å². The molecule has 2 aliphatic rings. The molecule has 2 saturated heterocycles. The number of nitrogens with zero attached hydrogens (tertiary/aromatic N) is 2. The minimum absolute atomic E-state index is 0.151. The van der Waals surface area contributed by atoms with E-state index in [-0.39, 0.29) is 6.10 Å². The second kappa shape index (κ2) is 12.1. The Morgan fingerprint density at radius 3 is 2.77 bits per heavy atom. The monoisotopic (exact) mass is 418 g/mol. The average Bonchev–Trinajstić information content (AvgIpc) is 3.27. The maximum Gasteiger partial charge on any atom is 0.191 e. The van der Waals surface area contributed by atoms with Crippen molar-refractivity contribution in [1.82, 2.24) is 15.5 Å². The number of hydrogen-bond acceptors (Lipinski definition) is 5. The summed E-state index contributed by atoms with van der Waals surface area (Å²) in [6, 6.07) is 6.38. The Labute approximate surface area is 181 Å². The van der Waals surface area contributed by atoms with Crippen LogP contribution in [0.3, 0.4) is 0 Å². The van der Waals surface area contributed by atoms with E-state index in [1.54, 1.807) is 7.11 Å².